The fraction of sp³-hybridized carbons (Fsp3) is 0.133. The minimum absolute atomic E-state index is 0.691. The van der Waals surface area contributed by atoms with Gasteiger partial charge in [-0.3, -0.25) is 0 Å². The molecule has 2 aromatic carbocycles. The molecule has 0 fully saturated rings. The van der Waals surface area contributed by atoms with Crippen LogP contribution >= 0.6 is 11.3 Å². The van der Waals surface area contributed by atoms with Gasteiger partial charge in [-0.15, -0.1) is 11.3 Å². The van der Waals surface area contributed by atoms with E-state index in [9.17, 15) is 5.11 Å². The Hall–Kier alpha value is -1.91. The average molecular weight is 271 g/mol. The Morgan fingerprint density at radius 3 is 2.53 bits per heavy atom. The van der Waals surface area contributed by atoms with E-state index in [1.165, 1.54) is 11.3 Å². The molecule has 3 rings (SSSR count). The van der Waals surface area contributed by atoms with Crippen LogP contribution in [0.2, 0.25) is 0 Å². The summed E-state index contributed by atoms with van der Waals surface area (Å²) < 4.78 is 6.20. The highest BCUT2D eigenvalue weighted by Crippen LogP contribution is 2.30. The molecule has 3 nitrogen and oxygen atoms in total. The minimum atomic E-state index is -0.691. The Balaban J connectivity index is 1.95. The van der Waals surface area contributed by atoms with Crippen molar-refractivity contribution in [3.63, 3.8) is 0 Å². The first-order valence-electron chi connectivity index (χ1n) is 5.95. The van der Waals surface area contributed by atoms with Crippen LogP contribution in [0.4, 0.5) is 0 Å². The fourth-order valence-corrected chi connectivity index (χ4v) is 2.92. The van der Waals surface area contributed by atoms with Gasteiger partial charge < -0.3 is 9.84 Å². The molecular formula is C15H13NO2S. The van der Waals surface area contributed by atoms with Gasteiger partial charge in [0.05, 0.1) is 17.3 Å². The Morgan fingerprint density at radius 1 is 1.11 bits per heavy atom. The molecule has 1 aromatic heterocycles. The predicted molar refractivity (Wildman–Crippen MR) is 76.7 cm³/mol. The third-order valence-corrected chi connectivity index (χ3v) is 4.06. The Labute approximate surface area is 115 Å². The van der Waals surface area contributed by atoms with Gasteiger partial charge in [0.25, 0.3) is 0 Å². The lowest BCUT2D eigenvalue weighted by Crippen LogP contribution is -1.98. The van der Waals surface area contributed by atoms with E-state index in [0.29, 0.717) is 5.01 Å². The molecular weight excluding hydrogens is 258 g/mol. The molecule has 0 saturated heterocycles. The van der Waals surface area contributed by atoms with Gasteiger partial charge >= 0.3 is 0 Å². The zero-order chi connectivity index (χ0) is 13.2. The number of nitrogens with zero attached hydrogens (tertiary/aromatic N) is 1. The maximum atomic E-state index is 10.4. The van der Waals surface area contributed by atoms with Crippen LogP contribution in [0.15, 0.2) is 48.5 Å². The number of methoxy groups -OCH3 is 1. The van der Waals surface area contributed by atoms with Gasteiger partial charge in [-0.1, -0.05) is 24.3 Å². The van der Waals surface area contributed by atoms with E-state index in [2.05, 4.69) is 4.98 Å². The van der Waals surface area contributed by atoms with Crippen LogP contribution in [0, 0.1) is 0 Å². The number of thiazole rings is 1. The SMILES string of the molecule is COc1ccc([C@H](O)c2nc3ccccc3s2)cc1. The van der Waals surface area contributed by atoms with Crippen molar-refractivity contribution in [2.45, 2.75) is 6.10 Å². The van der Waals surface area contributed by atoms with Crippen LogP contribution in [-0.4, -0.2) is 17.2 Å². The van der Waals surface area contributed by atoms with Crippen molar-refractivity contribution >= 4 is 21.6 Å². The van der Waals surface area contributed by atoms with Gasteiger partial charge in [0, 0.05) is 0 Å². The van der Waals surface area contributed by atoms with Crippen LogP contribution in [0.5, 0.6) is 5.75 Å². The molecule has 0 amide bonds. The summed E-state index contributed by atoms with van der Waals surface area (Å²) in [6, 6.07) is 15.3. The molecule has 0 radical (unpaired) electrons. The molecule has 0 saturated carbocycles. The monoisotopic (exact) mass is 271 g/mol. The first-order chi connectivity index (χ1) is 9.28. The van der Waals surface area contributed by atoms with E-state index in [1.807, 2.05) is 48.5 Å². The van der Waals surface area contributed by atoms with Crippen molar-refractivity contribution in [2.75, 3.05) is 7.11 Å². The molecule has 0 spiro atoms. The topological polar surface area (TPSA) is 42.4 Å². The summed E-state index contributed by atoms with van der Waals surface area (Å²) >= 11 is 1.52. The van der Waals surface area contributed by atoms with Gasteiger partial charge in [-0.2, -0.15) is 0 Å². The molecule has 0 unspecified atom stereocenters. The van der Waals surface area contributed by atoms with E-state index < -0.39 is 6.10 Å². The second kappa shape index (κ2) is 4.99. The van der Waals surface area contributed by atoms with Crippen molar-refractivity contribution in [2.24, 2.45) is 0 Å². The molecule has 0 aliphatic heterocycles. The first-order valence-corrected chi connectivity index (χ1v) is 6.77. The Morgan fingerprint density at radius 2 is 1.84 bits per heavy atom. The largest absolute Gasteiger partial charge is 0.497 e. The molecule has 3 aromatic rings. The Kier molecular flexibility index (Phi) is 3.19. The summed E-state index contributed by atoms with van der Waals surface area (Å²) in [7, 11) is 1.62. The van der Waals surface area contributed by atoms with Crippen molar-refractivity contribution in [1.29, 1.82) is 0 Å². The van der Waals surface area contributed by atoms with Crippen molar-refractivity contribution < 1.29 is 9.84 Å². The standard InChI is InChI=1S/C15H13NO2S/c1-18-11-8-6-10(7-9-11)14(17)15-16-12-4-2-3-5-13(12)19-15/h2-9,14,17H,1H3/t14-/m0/s1. The van der Waals surface area contributed by atoms with E-state index in [0.717, 1.165) is 21.5 Å². The van der Waals surface area contributed by atoms with Crippen molar-refractivity contribution in [1.82, 2.24) is 4.98 Å². The van der Waals surface area contributed by atoms with Gasteiger partial charge in [0.2, 0.25) is 0 Å². The number of benzene rings is 2. The Bertz CT molecular complexity index is 658. The smallest absolute Gasteiger partial charge is 0.131 e. The summed E-state index contributed by atoms with van der Waals surface area (Å²) in [5.74, 6) is 0.778. The lowest BCUT2D eigenvalue weighted by atomic mass is 10.1. The summed E-state index contributed by atoms with van der Waals surface area (Å²) in [6.45, 7) is 0. The highest BCUT2D eigenvalue weighted by molar-refractivity contribution is 7.18. The summed E-state index contributed by atoms with van der Waals surface area (Å²) in [5.41, 5.74) is 1.75. The molecule has 0 aliphatic rings. The molecule has 4 heteroatoms. The van der Waals surface area contributed by atoms with Crippen LogP contribution in [0.1, 0.15) is 16.7 Å². The number of aliphatic hydroxyl groups is 1. The molecule has 1 heterocycles. The number of aromatic nitrogens is 1. The number of hydrogen-bond acceptors (Lipinski definition) is 4. The van der Waals surface area contributed by atoms with Crippen LogP contribution in [0.25, 0.3) is 10.2 Å². The summed E-state index contributed by atoms with van der Waals surface area (Å²) in [6.07, 6.45) is -0.691. The van der Waals surface area contributed by atoms with E-state index in [-0.39, 0.29) is 0 Å². The summed E-state index contributed by atoms with van der Waals surface area (Å²) in [4.78, 5) is 4.47. The third-order valence-electron chi connectivity index (χ3n) is 2.98. The second-order valence-electron chi connectivity index (χ2n) is 4.20. The minimum Gasteiger partial charge on any atom is -0.497 e. The normalized spacial score (nSPS) is 12.5. The molecule has 0 aliphatic carbocycles. The lowest BCUT2D eigenvalue weighted by molar-refractivity contribution is 0.220. The summed E-state index contributed by atoms with van der Waals surface area (Å²) in [5, 5.41) is 11.1. The number of para-hydroxylation sites is 1. The average Bonchev–Trinajstić information content (AvgIpc) is 2.90. The zero-order valence-electron chi connectivity index (χ0n) is 10.4. The second-order valence-corrected chi connectivity index (χ2v) is 5.26. The number of hydrogen-bond donors (Lipinski definition) is 1. The van der Waals surface area contributed by atoms with Gasteiger partial charge in [0.15, 0.2) is 0 Å². The first kappa shape index (κ1) is 12.1. The van der Waals surface area contributed by atoms with Crippen LogP contribution < -0.4 is 4.74 Å². The lowest BCUT2D eigenvalue weighted by Gasteiger charge is -2.08. The van der Waals surface area contributed by atoms with Crippen molar-refractivity contribution in [3.05, 3.63) is 59.1 Å². The fourth-order valence-electron chi connectivity index (χ4n) is 1.94. The maximum absolute atomic E-state index is 10.4. The number of aliphatic hydroxyl groups excluding tert-OH is 1. The highest BCUT2D eigenvalue weighted by Gasteiger charge is 2.15. The van der Waals surface area contributed by atoms with Gasteiger partial charge in [-0.05, 0) is 29.8 Å². The number of rotatable bonds is 3. The molecule has 1 N–H and O–H groups in total. The van der Waals surface area contributed by atoms with Crippen LogP contribution in [-0.2, 0) is 0 Å². The van der Waals surface area contributed by atoms with Gasteiger partial charge in [-0.25, -0.2) is 4.98 Å². The van der Waals surface area contributed by atoms with E-state index in [1.54, 1.807) is 7.11 Å². The maximum Gasteiger partial charge on any atom is 0.131 e. The molecule has 19 heavy (non-hydrogen) atoms. The number of ether oxygens (including phenoxy) is 1. The van der Waals surface area contributed by atoms with E-state index in [4.69, 9.17) is 4.74 Å². The quantitative estimate of drug-likeness (QED) is 0.794. The van der Waals surface area contributed by atoms with Gasteiger partial charge in [0.1, 0.15) is 16.9 Å². The highest BCUT2D eigenvalue weighted by atomic mass is 32.1. The predicted octanol–water partition coefficient (Wildman–Crippen LogP) is 3.39. The van der Waals surface area contributed by atoms with Crippen molar-refractivity contribution in [3.8, 4) is 5.75 Å². The third kappa shape index (κ3) is 2.32. The van der Waals surface area contributed by atoms with E-state index >= 15 is 0 Å². The number of fused-ring (bicyclic) bond motifs is 1. The molecule has 0 bridgehead atoms. The molecule has 1 atom stereocenters. The zero-order valence-corrected chi connectivity index (χ0v) is 11.2. The van der Waals surface area contributed by atoms with Crippen LogP contribution in [0.3, 0.4) is 0 Å². The molecule has 96 valence electrons.